The van der Waals surface area contributed by atoms with E-state index >= 15 is 0 Å². The number of hydrogen-bond acceptors (Lipinski definition) is 10. The summed E-state index contributed by atoms with van der Waals surface area (Å²) in [6, 6.07) is 6.93. The van der Waals surface area contributed by atoms with Gasteiger partial charge >= 0.3 is 5.69 Å². The van der Waals surface area contributed by atoms with Crippen molar-refractivity contribution in [2.75, 3.05) is 54.9 Å². The molecule has 1 atom stereocenters. The maximum Gasteiger partial charge on any atom is 0.329 e. The standard InChI is InChI=1S/C42H50F4N12O4/c1-52(26-12-17-54(18-13-26)30-4-3-5-31-36(30)53(2)41(62)58(31)32-10-11-34(59)50-40(32)61)23-25-6-8-27(9-7-25)57-24-29(35(51-57)37(43)44)48-39(60)28-22-47-56-19-14-33(49-38(28)56)55-20-15-42(45,46)16-21-55/h3-5,14,19,22,24-27,32,37H,6-13,15-18,20-21,23H2,1-2H3,(H,48,60)(H,50,59,61)/t25-,27-,32?. The smallest absolute Gasteiger partial charge is 0.329 e. The maximum atomic E-state index is 14.3. The van der Waals surface area contributed by atoms with Gasteiger partial charge in [-0.05, 0) is 76.1 Å². The Hall–Kier alpha value is -5.79. The number of imidazole rings is 1. The fraction of sp³-hybridized carbons (Fsp3) is 0.548. The molecule has 3 aliphatic heterocycles. The van der Waals surface area contributed by atoms with E-state index in [4.69, 9.17) is 0 Å². The number of benzene rings is 1. The summed E-state index contributed by atoms with van der Waals surface area (Å²) in [6.07, 6.45) is 6.44. The number of carbonyl (C=O) groups excluding carboxylic acids is 3. The first-order valence-electron chi connectivity index (χ1n) is 21.4. The summed E-state index contributed by atoms with van der Waals surface area (Å²) in [5.41, 5.74) is 1.73. The first-order valence-corrected chi connectivity index (χ1v) is 21.4. The van der Waals surface area contributed by atoms with E-state index in [2.05, 4.69) is 42.7 Å². The van der Waals surface area contributed by atoms with Crippen LogP contribution in [0, 0.1) is 5.92 Å². The molecule has 1 aliphatic carbocycles. The van der Waals surface area contributed by atoms with Gasteiger partial charge in [-0.25, -0.2) is 31.9 Å². The number of hydrogen-bond donors (Lipinski definition) is 2. The number of aryl methyl sites for hydroxylation is 1. The molecule has 0 radical (unpaired) electrons. The lowest BCUT2D eigenvalue weighted by Gasteiger charge is -2.40. The molecule has 7 heterocycles. The first-order chi connectivity index (χ1) is 29.7. The minimum absolute atomic E-state index is 0.0588. The molecule has 4 aliphatic rings. The fourth-order valence-corrected chi connectivity index (χ4v) is 9.90. The third kappa shape index (κ3) is 7.92. The monoisotopic (exact) mass is 862 g/mol. The maximum absolute atomic E-state index is 14.3. The van der Waals surface area contributed by atoms with Crippen molar-refractivity contribution in [3.05, 3.63) is 64.6 Å². The van der Waals surface area contributed by atoms with Crippen molar-refractivity contribution >= 4 is 51.6 Å². The van der Waals surface area contributed by atoms with Gasteiger partial charge in [0.25, 0.3) is 18.3 Å². The second kappa shape index (κ2) is 16.5. The number of anilines is 3. The van der Waals surface area contributed by atoms with Crippen LogP contribution in [-0.4, -0.2) is 108 Å². The van der Waals surface area contributed by atoms with Gasteiger partial charge in [-0.1, -0.05) is 6.07 Å². The topological polar surface area (TPSA) is 160 Å². The fourth-order valence-electron chi connectivity index (χ4n) is 9.90. The Morgan fingerprint density at radius 2 is 1.73 bits per heavy atom. The van der Waals surface area contributed by atoms with Crippen LogP contribution in [0.3, 0.4) is 0 Å². The summed E-state index contributed by atoms with van der Waals surface area (Å²) in [5, 5.41) is 13.4. The average molecular weight is 863 g/mol. The van der Waals surface area contributed by atoms with Crippen molar-refractivity contribution in [2.24, 2.45) is 13.0 Å². The summed E-state index contributed by atoms with van der Waals surface area (Å²) in [6.45, 7) is 2.71. The molecule has 3 saturated heterocycles. The molecule has 2 N–H and O–H groups in total. The van der Waals surface area contributed by atoms with E-state index in [0.29, 0.717) is 23.3 Å². The molecular weight excluding hydrogens is 813 g/mol. The van der Waals surface area contributed by atoms with E-state index in [1.165, 1.54) is 21.5 Å². The molecular formula is C42H50F4N12O4. The van der Waals surface area contributed by atoms with Crippen LogP contribution in [0.5, 0.6) is 0 Å². The van der Waals surface area contributed by atoms with E-state index in [-0.39, 0.29) is 73.3 Å². The summed E-state index contributed by atoms with van der Waals surface area (Å²) in [4.78, 5) is 62.5. The summed E-state index contributed by atoms with van der Waals surface area (Å²) >= 11 is 0. The van der Waals surface area contributed by atoms with Gasteiger partial charge in [0.05, 0.1) is 34.6 Å². The van der Waals surface area contributed by atoms with Gasteiger partial charge in [-0.15, -0.1) is 0 Å². The molecule has 330 valence electrons. The number of alkyl halides is 4. The van der Waals surface area contributed by atoms with Crippen molar-refractivity contribution in [2.45, 2.75) is 94.7 Å². The molecule has 1 aromatic carbocycles. The normalized spacial score (nSPS) is 22.6. The van der Waals surface area contributed by atoms with Gasteiger partial charge in [-0.2, -0.15) is 10.2 Å². The van der Waals surface area contributed by atoms with Crippen LogP contribution in [0.25, 0.3) is 16.7 Å². The Labute approximate surface area is 353 Å². The summed E-state index contributed by atoms with van der Waals surface area (Å²) in [5.74, 6) is -3.34. The van der Waals surface area contributed by atoms with Crippen molar-refractivity contribution in [1.29, 1.82) is 0 Å². The Bertz CT molecular complexity index is 2560. The number of nitrogens with one attached hydrogen (secondary N) is 2. The average Bonchev–Trinajstić information content (AvgIpc) is 3.95. The second-order valence-corrected chi connectivity index (χ2v) is 17.3. The number of rotatable bonds is 10. The molecule has 16 nitrogen and oxygen atoms in total. The number of para-hydroxylation sites is 1. The minimum Gasteiger partial charge on any atom is -0.370 e. The number of piperidine rings is 3. The summed E-state index contributed by atoms with van der Waals surface area (Å²) in [7, 11) is 3.88. The number of carbonyl (C=O) groups is 3. The van der Waals surface area contributed by atoms with Crippen LogP contribution >= 0.6 is 0 Å². The Kier molecular flexibility index (Phi) is 11.0. The van der Waals surface area contributed by atoms with Crippen molar-refractivity contribution < 1.29 is 31.9 Å². The van der Waals surface area contributed by atoms with Gasteiger partial charge in [0.2, 0.25) is 11.8 Å². The van der Waals surface area contributed by atoms with Gasteiger partial charge < -0.3 is 20.0 Å². The highest BCUT2D eigenvalue weighted by Gasteiger charge is 2.36. The third-order valence-corrected chi connectivity index (χ3v) is 13.4. The minimum atomic E-state index is -2.92. The molecule has 62 heavy (non-hydrogen) atoms. The molecule has 9 rings (SSSR count). The molecule has 4 aromatic heterocycles. The number of halogens is 4. The third-order valence-electron chi connectivity index (χ3n) is 13.4. The van der Waals surface area contributed by atoms with Gasteiger partial charge in [0.1, 0.15) is 17.4 Å². The number of fused-ring (bicyclic) bond motifs is 2. The predicted molar refractivity (Wildman–Crippen MR) is 222 cm³/mol. The van der Waals surface area contributed by atoms with Gasteiger partial charge in [0.15, 0.2) is 11.3 Å². The molecule has 3 amide bonds. The molecule has 0 bridgehead atoms. The van der Waals surface area contributed by atoms with E-state index in [1.54, 1.807) is 33.5 Å². The number of aromatic nitrogens is 7. The van der Waals surface area contributed by atoms with Crippen LogP contribution in [0.1, 0.15) is 98.8 Å². The quantitative estimate of drug-likeness (QED) is 0.139. The lowest BCUT2D eigenvalue weighted by atomic mass is 9.85. The Morgan fingerprint density at radius 1 is 0.984 bits per heavy atom. The Morgan fingerprint density at radius 3 is 2.44 bits per heavy atom. The second-order valence-electron chi connectivity index (χ2n) is 17.3. The number of nitrogens with zero attached hydrogens (tertiary/aromatic N) is 10. The molecule has 0 spiro atoms. The number of amides is 3. The van der Waals surface area contributed by atoms with Crippen LogP contribution in [0.2, 0.25) is 0 Å². The van der Waals surface area contributed by atoms with Crippen molar-refractivity contribution in [3.63, 3.8) is 0 Å². The SMILES string of the molecule is CN(C[C@H]1CC[C@H](n2cc(NC(=O)c3cnn4ccc(N5CCC(F)(F)CC5)nc34)c(C(F)F)n2)CC1)C1CCN(c2cccc3c2n(C)c(=O)n3C2CCC(=O)NC2=O)CC1. The first kappa shape index (κ1) is 41.6. The van der Waals surface area contributed by atoms with E-state index in [9.17, 15) is 36.7 Å². The van der Waals surface area contributed by atoms with Crippen LogP contribution in [0.4, 0.5) is 34.8 Å². The van der Waals surface area contributed by atoms with E-state index in [0.717, 1.165) is 69.4 Å². The highest BCUT2D eigenvalue weighted by molar-refractivity contribution is 6.08. The molecule has 1 saturated carbocycles. The zero-order chi connectivity index (χ0) is 43.4. The van der Waals surface area contributed by atoms with E-state index < -0.39 is 35.9 Å². The van der Waals surface area contributed by atoms with Crippen LogP contribution in [-0.2, 0) is 16.6 Å². The Balaban J connectivity index is 0.798. The molecule has 20 heteroatoms. The van der Waals surface area contributed by atoms with Gasteiger partial charge in [-0.3, -0.25) is 33.5 Å². The molecule has 1 unspecified atom stereocenters. The number of imide groups is 1. The van der Waals surface area contributed by atoms with Crippen molar-refractivity contribution in [1.82, 2.24) is 43.7 Å². The molecule has 4 fully saturated rings. The summed E-state index contributed by atoms with van der Waals surface area (Å²) < 4.78 is 62.2. The zero-order valence-corrected chi connectivity index (χ0v) is 34.7. The predicted octanol–water partition coefficient (Wildman–Crippen LogP) is 5.31. The van der Waals surface area contributed by atoms with Crippen LogP contribution in [0.15, 0.2) is 47.7 Å². The largest absolute Gasteiger partial charge is 0.370 e. The van der Waals surface area contributed by atoms with Crippen LogP contribution < -0.4 is 26.1 Å². The van der Waals surface area contributed by atoms with Gasteiger partial charge in [0, 0.05) is 77.5 Å². The highest BCUT2D eigenvalue weighted by atomic mass is 19.3. The van der Waals surface area contributed by atoms with Crippen molar-refractivity contribution in [3.8, 4) is 0 Å². The van der Waals surface area contributed by atoms with E-state index in [1.807, 2.05) is 18.2 Å². The zero-order valence-electron chi connectivity index (χ0n) is 34.7. The lowest BCUT2D eigenvalue weighted by molar-refractivity contribution is -0.135. The highest BCUT2D eigenvalue weighted by Crippen LogP contribution is 2.37. The lowest BCUT2D eigenvalue weighted by Crippen LogP contribution is -2.45. The molecule has 5 aromatic rings.